The van der Waals surface area contributed by atoms with Crippen molar-refractivity contribution < 1.29 is 10.0 Å². The van der Waals surface area contributed by atoms with E-state index in [-0.39, 0.29) is 0 Å². The Morgan fingerprint density at radius 2 is 1.48 bits per heavy atom. The van der Waals surface area contributed by atoms with Crippen LogP contribution in [0.3, 0.4) is 0 Å². The number of nitrogens with zero attached hydrogens (tertiary/aromatic N) is 1. The highest BCUT2D eigenvalue weighted by atomic mass is 16.4. The minimum Gasteiger partial charge on any atom is -0.423 e. The highest BCUT2D eigenvalue weighted by molar-refractivity contribution is 6.59. The maximum Gasteiger partial charge on any atom is 0.488 e. The molecule has 0 radical (unpaired) electrons. The Morgan fingerprint density at radius 3 is 2.26 bits per heavy atom. The van der Waals surface area contributed by atoms with Crippen molar-refractivity contribution in [2.45, 2.75) is 6.92 Å². The van der Waals surface area contributed by atoms with E-state index in [0.717, 1.165) is 27.5 Å². The zero-order valence-electron chi connectivity index (χ0n) is 12.8. The quantitative estimate of drug-likeness (QED) is 0.559. The largest absolute Gasteiger partial charge is 0.488 e. The van der Waals surface area contributed by atoms with Crippen LogP contribution in [0.15, 0.2) is 66.7 Å². The predicted octanol–water partition coefficient (Wildman–Crippen LogP) is 2.77. The second kappa shape index (κ2) is 5.27. The summed E-state index contributed by atoms with van der Waals surface area (Å²) in [6.45, 7) is 2.08. The van der Waals surface area contributed by atoms with Crippen LogP contribution in [0.1, 0.15) is 5.56 Å². The van der Waals surface area contributed by atoms with E-state index in [0.29, 0.717) is 5.46 Å². The lowest BCUT2D eigenvalue weighted by molar-refractivity contribution is 0.426. The van der Waals surface area contributed by atoms with Crippen LogP contribution in [0.4, 0.5) is 0 Å². The summed E-state index contributed by atoms with van der Waals surface area (Å²) in [7, 11) is -1.47. The molecule has 0 unspecified atom stereocenters. The van der Waals surface area contributed by atoms with Gasteiger partial charge in [0.25, 0.3) is 0 Å². The first kappa shape index (κ1) is 14.1. The third-order valence-electron chi connectivity index (χ3n) is 4.35. The Labute approximate surface area is 134 Å². The minimum absolute atomic E-state index is 0.496. The average Bonchev–Trinajstić information content (AvgIpc) is 2.89. The molecule has 0 atom stereocenters. The molecule has 0 aliphatic carbocycles. The molecule has 0 spiro atoms. The van der Waals surface area contributed by atoms with E-state index < -0.39 is 7.12 Å². The maximum atomic E-state index is 9.52. The van der Waals surface area contributed by atoms with Gasteiger partial charge in [0.15, 0.2) is 0 Å². The number of hydrogen-bond donors (Lipinski definition) is 2. The van der Waals surface area contributed by atoms with Gasteiger partial charge in [0.2, 0.25) is 0 Å². The third kappa shape index (κ3) is 2.15. The van der Waals surface area contributed by atoms with E-state index in [4.69, 9.17) is 0 Å². The van der Waals surface area contributed by atoms with Crippen LogP contribution >= 0.6 is 0 Å². The van der Waals surface area contributed by atoms with Crippen LogP contribution < -0.4 is 5.46 Å². The SMILES string of the molecule is Cc1ccccc1-n1c2ccccc2c2ccc(B(O)O)cc21. The molecule has 0 amide bonds. The first-order valence-electron chi connectivity index (χ1n) is 7.62. The number of rotatable bonds is 2. The van der Waals surface area contributed by atoms with Crippen LogP contribution in [0.25, 0.3) is 27.5 Å². The van der Waals surface area contributed by atoms with Crippen molar-refractivity contribution in [1.29, 1.82) is 0 Å². The van der Waals surface area contributed by atoms with E-state index in [9.17, 15) is 10.0 Å². The van der Waals surface area contributed by atoms with Crippen molar-refractivity contribution in [3.05, 3.63) is 72.3 Å². The van der Waals surface area contributed by atoms with Crippen molar-refractivity contribution in [2.24, 2.45) is 0 Å². The third-order valence-corrected chi connectivity index (χ3v) is 4.35. The number of aromatic nitrogens is 1. The molecule has 0 bridgehead atoms. The number of hydrogen-bond acceptors (Lipinski definition) is 2. The monoisotopic (exact) mass is 301 g/mol. The van der Waals surface area contributed by atoms with Crippen LogP contribution in [0.5, 0.6) is 0 Å². The Kier molecular flexibility index (Phi) is 3.22. The molecule has 0 saturated heterocycles. The van der Waals surface area contributed by atoms with Gasteiger partial charge in [0, 0.05) is 16.5 Å². The van der Waals surface area contributed by atoms with Gasteiger partial charge in [-0.1, -0.05) is 48.5 Å². The number of para-hydroxylation sites is 2. The van der Waals surface area contributed by atoms with Crippen molar-refractivity contribution >= 4 is 34.4 Å². The van der Waals surface area contributed by atoms with Gasteiger partial charge in [0.1, 0.15) is 0 Å². The predicted molar refractivity (Wildman–Crippen MR) is 95.3 cm³/mol. The summed E-state index contributed by atoms with van der Waals surface area (Å²) in [5.41, 5.74) is 4.86. The molecule has 0 saturated carbocycles. The lowest BCUT2D eigenvalue weighted by atomic mass is 9.80. The molecule has 112 valence electrons. The van der Waals surface area contributed by atoms with Gasteiger partial charge < -0.3 is 14.6 Å². The molecule has 3 aromatic carbocycles. The normalized spacial score (nSPS) is 11.3. The first-order valence-corrected chi connectivity index (χ1v) is 7.62. The Morgan fingerprint density at radius 1 is 0.783 bits per heavy atom. The lowest BCUT2D eigenvalue weighted by Gasteiger charge is -2.11. The van der Waals surface area contributed by atoms with E-state index in [2.05, 4.69) is 35.8 Å². The molecular formula is C19H16BNO2. The lowest BCUT2D eigenvalue weighted by Crippen LogP contribution is -2.29. The summed E-state index contributed by atoms with van der Waals surface area (Å²) in [5.74, 6) is 0. The minimum atomic E-state index is -1.47. The second-order valence-electron chi connectivity index (χ2n) is 5.79. The summed E-state index contributed by atoms with van der Waals surface area (Å²) >= 11 is 0. The zero-order chi connectivity index (χ0) is 16.0. The smallest absolute Gasteiger partial charge is 0.423 e. The van der Waals surface area contributed by atoms with Crippen LogP contribution in [0, 0.1) is 6.92 Å². The summed E-state index contributed by atoms with van der Waals surface area (Å²) < 4.78 is 2.19. The number of benzene rings is 3. The van der Waals surface area contributed by atoms with Gasteiger partial charge in [-0.3, -0.25) is 0 Å². The summed E-state index contributed by atoms with van der Waals surface area (Å²) in [6.07, 6.45) is 0. The van der Waals surface area contributed by atoms with Gasteiger partial charge in [-0.2, -0.15) is 0 Å². The van der Waals surface area contributed by atoms with Gasteiger partial charge in [-0.25, -0.2) is 0 Å². The fourth-order valence-electron chi connectivity index (χ4n) is 3.22. The Balaban J connectivity index is 2.18. The van der Waals surface area contributed by atoms with Crippen LogP contribution in [-0.4, -0.2) is 21.7 Å². The van der Waals surface area contributed by atoms with Crippen LogP contribution in [0.2, 0.25) is 0 Å². The molecule has 0 aliphatic rings. The fourth-order valence-corrected chi connectivity index (χ4v) is 3.22. The molecule has 0 aliphatic heterocycles. The summed E-state index contributed by atoms with van der Waals surface area (Å²) in [6, 6.07) is 22.0. The summed E-state index contributed by atoms with van der Waals surface area (Å²) in [4.78, 5) is 0. The molecule has 3 nitrogen and oxygen atoms in total. The zero-order valence-corrected chi connectivity index (χ0v) is 12.8. The maximum absolute atomic E-state index is 9.52. The van der Waals surface area contributed by atoms with Crippen molar-refractivity contribution in [2.75, 3.05) is 0 Å². The van der Waals surface area contributed by atoms with Crippen molar-refractivity contribution in [3.63, 3.8) is 0 Å². The van der Waals surface area contributed by atoms with Gasteiger partial charge in [0.05, 0.1) is 11.0 Å². The molecule has 4 aromatic rings. The fraction of sp³-hybridized carbons (Fsp3) is 0.0526. The van der Waals surface area contributed by atoms with E-state index in [1.165, 1.54) is 5.56 Å². The first-order chi connectivity index (χ1) is 11.2. The number of fused-ring (bicyclic) bond motifs is 3. The highest BCUT2D eigenvalue weighted by Gasteiger charge is 2.17. The Hall–Kier alpha value is -2.56. The van der Waals surface area contributed by atoms with Crippen molar-refractivity contribution in [1.82, 2.24) is 4.57 Å². The molecular weight excluding hydrogens is 285 g/mol. The Bertz CT molecular complexity index is 1020. The molecule has 1 heterocycles. The molecule has 2 N–H and O–H groups in total. The van der Waals surface area contributed by atoms with E-state index >= 15 is 0 Å². The average molecular weight is 301 g/mol. The standard InChI is InChI=1S/C19H16BNO2/c1-13-6-2-4-8-17(13)21-18-9-5-3-7-15(18)16-11-10-14(20(22)23)12-19(16)21/h2-12,22-23H,1H3. The molecule has 23 heavy (non-hydrogen) atoms. The molecule has 0 fully saturated rings. The van der Waals surface area contributed by atoms with Gasteiger partial charge in [-0.15, -0.1) is 0 Å². The number of aryl methyl sites for hydroxylation is 1. The van der Waals surface area contributed by atoms with E-state index in [1.54, 1.807) is 6.07 Å². The highest BCUT2D eigenvalue weighted by Crippen LogP contribution is 2.32. The molecule has 1 aromatic heterocycles. The van der Waals surface area contributed by atoms with Gasteiger partial charge in [-0.05, 0) is 36.1 Å². The summed E-state index contributed by atoms with van der Waals surface area (Å²) in [5, 5.41) is 21.3. The second-order valence-corrected chi connectivity index (χ2v) is 5.79. The van der Waals surface area contributed by atoms with E-state index in [1.807, 2.05) is 36.4 Å². The topological polar surface area (TPSA) is 45.4 Å². The molecule has 4 rings (SSSR count). The van der Waals surface area contributed by atoms with Crippen molar-refractivity contribution in [3.8, 4) is 5.69 Å². The van der Waals surface area contributed by atoms with Gasteiger partial charge >= 0.3 is 7.12 Å². The molecule has 4 heteroatoms. The van der Waals surface area contributed by atoms with Crippen LogP contribution in [-0.2, 0) is 0 Å².